The van der Waals surface area contributed by atoms with E-state index in [1.54, 1.807) is 0 Å². The molecule has 0 spiro atoms. The van der Waals surface area contributed by atoms with Gasteiger partial charge in [-0.05, 0) is 104 Å². The van der Waals surface area contributed by atoms with Crippen LogP contribution in [-0.4, -0.2) is 0 Å². The van der Waals surface area contributed by atoms with Crippen LogP contribution < -0.4 is 4.90 Å². The molecule has 0 N–H and O–H groups in total. The van der Waals surface area contributed by atoms with E-state index in [2.05, 4.69) is 164 Å². The molecule has 7 aromatic carbocycles. The third-order valence-electron chi connectivity index (χ3n) is 11.3. The van der Waals surface area contributed by atoms with Crippen LogP contribution in [0.15, 0.2) is 146 Å². The summed E-state index contributed by atoms with van der Waals surface area (Å²) < 4.78 is 0. The maximum atomic E-state index is 2.52. The fraction of sp³-hybridized carbons (Fsp3) is 0.191. The van der Waals surface area contributed by atoms with Crippen LogP contribution in [-0.2, 0) is 5.41 Å². The lowest BCUT2D eigenvalue weighted by Crippen LogP contribution is -2.15. The standard InChI is InChI=1S/C47H41N/c1-47(2)43-22-11-10-20-40(43)42-31-37(28-29-44(42)47)48(36-26-23-33(24-27-36)32-13-4-3-5-14-32)45-30-25-35-16-7-9-19-39(35)46(45)41-21-12-17-34-15-6-8-18-38(34)41/h6-12,15-32H,3-5,13-14H2,1-2H3. The average molecular weight is 620 g/mol. The number of benzene rings is 7. The molecule has 234 valence electrons. The van der Waals surface area contributed by atoms with E-state index in [0.717, 1.165) is 0 Å². The molecule has 1 nitrogen and oxygen atoms in total. The van der Waals surface area contributed by atoms with Crippen molar-refractivity contribution in [1.82, 2.24) is 0 Å². The number of hydrogen-bond acceptors (Lipinski definition) is 1. The molecule has 0 radical (unpaired) electrons. The summed E-state index contributed by atoms with van der Waals surface area (Å²) in [5, 5.41) is 5.05. The van der Waals surface area contributed by atoms with Crippen LogP contribution >= 0.6 is 0 Å². The first-order valence-corrected chi connectivity index (χ1v) is 17.7. The van der Waals surface area contributed by atoms with E-state index in [0.29, 0.717) is 5.92 Å². The van der Waals surface area contributed by atoms with Crippen molar-refractivity contribution < 1.29 is 0 Å². The summed E-state index contributed by atoms with van der Waals surface area (Å²) in [6, 6.07) is 54.8. The van der Waals surface area contributed by atoms with Gasteiger partial charge in [-0.1, -0.05) is 148 Å². The third-order valence-corrected chi connectivity index (χ3v) is 11.3. The van der Waals surface area contributed by atoms with Crippen molar-refractivity contribution in [1.29, 1.82) is 0 Å². The van der Waals surface area contributed by atoms with E-state index in [-0.39, 0.29) is 5.41 Å². The third kappa shape index (κ3) is 4.67. The first kappa shape index (κ1) is 29.0. The van der Waals surface area contributed by atoms with Gasteiger partial charge in [-0.2, -0.15) is 0 Å². The van der Waals surface area contributed by atoms with Crippen LogP contribution in [0, 0.1) is 0 Å². The maximum Gasteiger partial charge on any atom is 0.0546 e. The molecule has 7 aromatic rings. The highest BCUT2D eigenvalue weighted by Crippen LogP contribution is 2.52. The number of rotatable bonds is 5. The van der Waals surface area contributed by atoms with Crippen LogP contribution in [0.5, 0.6) is 0 Å². The summed E-state index contributed by atoms with van der Waals surface area (Å²) in [6.45, 7) is 4.72. The van der Waals surface area contributed by atoms with Gasteiger partial charge in [0.1, 0.15) is 0 Å². The Labute approximate surface area is 284 Å². The molecular weight excluding hydrogens is 579 g/mol. The monoisotopic (exact) mass is 619 g/mol. The molecule has 0 saturated heterocycles. The highest BCUT2D eigenvalue weighted by atomic mass is 15.1. The number of hydrogen-bond donors (Lipinski definition) is 0. The molecule has 0 atom stereocenters. The second-order valence-electron chi connectivity index (χ2n) is 14.4. The molecule has 0 bridgehead atoms. The minimum atomic E-state index is -0.0337. The minimum Gasteiger partial charge on any atom is -0.310 e. The van der Waals surface area contributed by atoms with Gasteiger partial charge in [0.2, 0.25) is 0 Å². The molecule has 2 aliphatic rings. The summed E-state index contributed by atoms with van der Waals surface area (Å²) in [6.07, 6.45) is 6.67. The summed E-state index contributed by atoms with van der Waals surface area (Å²) in [5.41, 5.74) is 13.0. The second-order valence-corrected chi connectivity index (χ2v) is 14.4. The molecular formula is C47H41N. The minimum absolute atomic E-state index is 0.0337. The highest BCUT2D eigenvalue weighted by molar-refractivity contribution is 6.11. The average Bonchev–Trinajstić information content (AvgIpc) is 3.37. The van der Waals surface area contributed by atoms with E-state index in [4.69, 9.17) is 0 Å². The van der Waals surface area contributed by atoms with Crippen LogP contribution in [0.3, 0.4) is 0 Å². The van der Waals surface area contributed by atoms with Crippen molar-refractivity contribution in [2.45, 2.75) is 57.3 Å². The van der Waals surface area contributed by atoms with E-state index < -0.39 is 0 Å². The van der Waals surface area contributed by atoms with Crippen molar-refractivity contribution in [2.24, 2.45) is 0 Å². The molecule has 0 unspecified atom stereocenters. The SMILES string of the molecule is CC1(C)c2ccccc2-c2cc(N(c3ccc(C4CCCCC4)cc3)c3ccc4ccccc4c3-c3cccc4ccccc34)ccc21. The second kappa shape index (κ2) is 11.5. The largest absolute Gasteiger partial charge is 0.310 e. The summed E-state index contributed by atoms with van der Waals surface area (Å²) in [7, 11) is 0. The molecule has 2 aliphatic carbocycles. The molecule has 1 saturated carbocycles. The van der Waals surface area contributed by atoms with Crippen LogP contribution in [0.1, 0.15) is 68.6 Å². The Kier molecular flexibility index (Phi) is 6.97. The predicted octanol–water partition coefficient (Wildman–Crippen LogP) is 13.5. The molecule has 48 heavy (non-hydrogen) atoms. The van der Waals surface area contributed by atoms with Crippen molar-refractivity contribution in [3.05, 3.63) is 162 Å². The Hall–Kier alpha value is -5.14. The van der Waals surface area contributed by atoms with Gasteiger partial charge in [-0.25, -0.2) is 0 Å². The summed E-state index contributed by atoms with van der Waals surface area (Å²) in [5.74, 6) is 0.673. The molecule has 9 rings (SSSR count). The molecule has 0 heterocycles. The molecule has 0 aromatic heterocycles. The van der Waals surface area contributed by atoms with Gasteiger partial charge in [-0.3, -0.25) is 0 Å². The first-order valence-electron chi connectivity index (χ1n) is 17.7. The molecule has 0 amide bonds. The van der Waals surface area contributed by atoms with Gasteiger partial charge in [0.15, 0.2) is 0 Å². The van der Waals surface area contributed by atoms with Gasteiger partial charge in [0, 0.05) is 22.4 Å². The Morgan fingerprint density at radius 3 is 1.94 bits per heavy atom. The smallest absolute Gasteiger partial charge is 0.0546 e. The number of fused-ring (bicyclic) bond motifs is 5. The first-order chi connectivity index (χ1) is 23.6. The van der Waals surface area contributed by atoms with Crippen molar-refractivity contribution >= 4 is 38.6 Å². The lowest BCUT2D eigenvalue weighted by atomic mass is 9.82. The number of anilines is 3. The fourth-order valence-electron chi connectivity index (χ4n) is 8.78. The van der Waals surface area contributed by atoms with Crippen LogP contribution in [0.25, 0.3) is 43.8 Å². The highest BCUT2D eigenvalue weighted by Gasteiger charge is 2.35. The van der Waals surface area contributed by atoms with Gasteiger partial charge in [0.05, 0.1) is 5.69 Å². The zero-order chi connectivity index (χ0) is 32.2. The lowest BCUT2D eigenvalue weighted by Gasteiger charge is -2.30. The molecule has 1 fully saturated rings. The Balaban J connectivity index is 1.30. The van der Waals surface area contributed by atoms with E-state index >= 15 is 0 Å². The predicted molar refractivity (Wildman–Crippen MR) is 205 cm³/mol. The Bertz CT molecular complexity index is 2300. The maximum absolute atomic E-state index is 2.52. The van der Waals surface area contributed by atoms with Gasteiger partial charge >= 0.3 is 0 Å². The normalized spacial score (nSPS) is 15.4. The van der Waals surface area contributed by atoms with Gasteiger partial charge < -0.3 is 4.90 Å². The number of nitrogens with zero attached hydrogens (tertiary/aromatic N) is 1. The molecule has 0 aliphatic heterocycles. The zero-order valence-electron chi connectivity index (χ0n) is 27.9. The fourth-order valence-corrected chi connectivity index (χ4v) is 8.78. The topological polar surface area (TPSA) is 3.24 Å². The Morgan fingerprint density at radius 2 is 1.12 bits per heavy atom. The zero-order valence-corrected chi connectivity index (χ0v) is 27.9. The van der Waals surface area contributed by atoms with Gasteiger partial charge in [0.25, 0.3) is 0 Å². The van der Waals surface area contributed by atoms with Crippen molar-refractivity contribution in [3.8, 4) is 22.3 Å². The molecule has 1 heteroatoms. The van der Waals surface area contributed by atoms with Crippen molar-refractivity contribution in [3.63, 3.8) is 0 Å². The Morgan fingerprint density at radius 1 is 0.500 bits per heavy atom. The van der Waals surface area contributed by atoms with E-state index in [1.807, 2.05) is 0 Å². The lowest BCUT2D eigenvalue weighted by molar-refractivity contribution is 0.443. The quantitative estimate of drug-likeness (QED) is 0.185. The van der Waals surface area contributed by atoms with Crippen molar-refractivity contribution in [2.75, 3.05) is 4.90 Å². The van der Waals surface area contributed by atoms with E-state index in [1.165, 1.54) is 110 Å². The van der Waals surface area contributed by atoms with E-state index in [9.17, 15) is 0 Å². The van der Waals surface area contributed by atoms with Crippen LogP contribution in [0.4, 0.5) is 17.1 Å². The van der Waals surface area contributed by atoms with Crippen LogP contribution in [0.2, 0.25) is 0 Å². The van der Waals surface area contributed by atoms with Gasteiger partial charge in [-0.15, -0.1) is 0 Å². The summed E-state index contributed by atoms with van der Waals surface area (Å²) in [4.78, 5) is 2.52. The summed E-state index contributed by atoms with van der Waals surface area (Å²) >= 11 is 0.